The molecule has 1 aromatic carbocycles. The first-order chi connectivity index (χ1) is 15.2. The zero-order valence-corrected chi connectivity index (χ0v) is 18.3. The number of carbonyl (C=O) groups is 4. The van der Waals surface area contributed by atoms with E-state index in [1.54, 1.807) is 31.2 Å². The van der Waals surface area contributed by atoms with Gasteiger partial charge in [0.05, 0.1) is 12.2 Å². The van der Waals surface area contributed by atoms with Crippen LogP contribution in [0.4, 0.5) is 11.5 Å². The van der Waals surface area contributed by atoms with Crippen LogP contribution in [0.5, 0.6) is 0 Å². The molecule has 2 N–H and O–H groups in total. The van der Waals surface area contributed by atoms with Crippen molar-refractivity contribution in [1.82, 2.24) is 5.16 Å². The Morgan fingerprint density at radius 1 is 1.00 bits per heavy atom. The number of ether oxygens (including phenoxy) is 2. The lowest BCUT2D eigenvalue weighted by molar-refractivity contribution is -0.147. The lowest BCUT2D eigenvalue weighted by Crippen LogP contribution is -2.21. The molecule has 0 aliphatic carbocycles. The van der Waals surface area contributed by atoms with Crippen LogP contribution in [0.3, 0.4) is 0 Å². The van der Waals surface area contributed by atoms with Crippen molar-refractivity contribution in [3.63, 3.8) is 0 Å². The van der Waals surface area contributed by atoms with E-state index in [0.717, 1.165) is 0 Å². The highest BCUT2D eigenvalue weighted by Crippen LogP contribution is 2.12. The van der Waals surface area contributed by atoms with E-state index in [2.05, 4.69) is 15.8 Å². The number of benzene rings is 1. The topological polar surface area (TPSA) is 137 Å². The van der Waals surface area contributed by atoms with Gasteiger partial charge in [0.15, 0.2) is 12.4 Å². The van der Waals surface area contributed by atoms with Crippen molar-refractivity contribution in [3.05, 3.63) is 41.7 Å². The van der Waals surface area contributed by atoms with Crippen LogP contribution < -0.4 is 10.6 Å². The molecule has 0 aliphatic rings. The fourth-order valence-corrected chi connectivity index (χ4v) is 2.45. The Morgan fingerprint density at radius 2 is 1.72 bits per heavy atom. The van der Waals surface area contributed by atoms with Crippen LogP contribution in [0.25, 0.3) is 0 Å². The summed E-state index contributed by atoms with van der Waals surface area (Å²) in [7, 11) is 0. The van der Waals surface area contributed by atoms with Gasteiger partial charge in [0.25, 0.3) is 5.91 Å². The third-order valence-corrected chi connectivity index (χ3v) is 4.00. The van der Waals surface area contributed by atoms with Gasteiger partial charge in [-0.25, -0.2) is 4.79 Å². The number of carbonyl (C=O) groups excluding carboxylic acids is 4. The zero-order valence-electron chi connectivity index (χ0n) is 18.3. The fourth-order valence-electron chi connectivity index (χ4n) is 2.45. The minimum absolute atomic E-state index is 0.00953. The zero-order chi connectivity index (χ0) is 23.5. The molecule has 2 amide bonds. The maximum Gasteiger partial charge on any atom is 0.338 e. The molecule has 0 fully saturated rings. The van der Waals surface area contributed by atoms with E-state index >= 15 is 0 Å². The van der Waals surface area contributed by atoms with E-state index in [1.807, 2.05) is 13.8 Å². The van der Waals surface area contributed by atoms with E-state index in [1.165, 1.54) is 6.07 Å². The van der Waals surface area contributed by atoms with Crippen LogP contribution in [0.2, 0.25) is 0 Å². The summed E-state index contributed by atoms with van der Waals surface area (Å²) in [6, 6.07) is 7.88. The number of amides is 2. The summed E-state index contributed by atoms with van der Waals surface area (Å²) in [5.41, 5.74) is 0.923. The molecule has 10 heteroatoms. The Balaban J connectivity index is 1.63. The highest BCUT2D eigenvalue weighted by molar-refractivity contribution is 5.93. The smallest absolute Gasteiger partial charge is 0.338 e. The first-order valence-corrected chi connectivity index (χ1v) is 10.2. The number of aromatic nitrogens is 1. The molecule has 1 aromatic heterocycles. The van der Waals surface area contributed by atoms with Gasteiger partial charge in [-0.1, -0.05) is 19.0 Å². The Morgan fingerprint density at radius 3 is 2.34 bits per heavy atom. The summed E-state index contributed by atoms with van der Waals surface area (Å²) in [4.78, 5) is 47.3. The molecule has 0 spiro atoms. The van der Waals surface area contributed by atoms with Crippen molar-refractivity contribution < 1.29 is 33.2 Å². The fraction of sp³-hybridized carbons (Fsp3) is 0.409. The summed E-state index contributed by atoms with van der Waals surface area (Å²) >= 11 is 0. The van der Waals surface area contributed by atoms with Crippen molar-refractivity contribution >= 4 is 35.3 Å². The molecule has 10 nitrogen and oxygen atoms in total. The third-order valence-electron chi connectivity index (χ3n) is 4.00. The van der Waals surface area contributed by atoms with E-state index in [4.69, 9.17) is 14.0 Å². The molecule has 2 aromatic rings. The molecule has 0 aliphatic heterocycles. The quantitative estimate of drug-likeness (QED) is 0.504. The number of aryl methyl sites for hydroxylation is 1. The van der Waals surface area contributed by atoms with Crippen LogP contribution in [0, 0.1) is 12.8 Å². The maximum absolute atomic E-state index is 12.0. The largest absolute Gasteiger partial charge is 0.462 e. The number of rotatable bonds is 11. The minimum Gasteiger partial charge on any atom is -0.462 e. The molecule has 0 atom stereocenters. The van der Waals surface area contributed by atoms with Crippen molar-refractivity contribution in [2.24, 2.45) is 5.92 Å². The average molecular weight is 445 g/mol. The Bertz CT molecular complexity index is 935. The summed E-state index contributed by atoms with van der Waals surface area (Å²) in [5, 5.41) is 8.72. The first kappa shape index (κ1) is 24.6. The maximum atomic E-state index is 12.0. The number of esters is 2. The summed E-state index contributed by atoms with van der Waals surface area (Å²) in [6.07, 6.45) is 0.344. The third kappa shape index (κ3) is 8.99. The normalized spacial score (nSPS) is 10.5. The molecule has 32 heavy (non-hydrogen) atoms. The van der Waals surface area contributed by atoms with Crippen LogP contribution in [-0.2, 0) is 23.9 Å². The number of hydrogen-bond donors (Lipinski definition) is 2. The van der Waals surface area contributed by atoms with Crippen LogP contribution >= 0.6 is 0 Å². The van der Waals surface area contributed by atoms with Gasteiger partial charge in [-0.3, -0.25) is 14.4 Å². The lowest BCUT2D eigenvalue weighted by Gasteiger charge is -2.08. The number of nitrogens with zero attached hydrogens (tertiary/aromatic N) is 1. The Kier molecular flexibility index (Phi) is 9.40. The molecule has 2 rings (SSSR count). The first-order valence-electron chi connectivity index (χ1n) is 10.2. The van der Waals surface area contributed by atoms with Crippen LogP contribution in [0.1, 0.15) is 49.2 Å². The Hall–Kier alpha value is -3.69. The molecule has 0 unspecified atom stereocenters. The molecular formula is C22H27N3O7. The average Bonchev–Trinajstić information content (AvgIpc) is 3.15. The summed E-state index contributed by atoms with van der Waals surface area (Å²) in [6.45, 7) is 5.46. The van der Waals surface area contributed by atoms with Crippen LogP contribution in [0.15, 0.2) is 34.9 Å². The lowest BCUT2D eigenvalue weighted by atomic mass is 10.2. The summed E-state index contributed by atoms with van der Waals surface area (Å²) in [5.74, 6) is -0.812. The SMILES string of the molecule is Cc1cc(NC(=O)COC(=O)CCCC(=O)Nc2ccc(C(=O)OCC(C)C)cc2)no1. The predicted octanol–water partition coefficient (Wildman–Crippen LogP) is 3.09. The van der Waals surface area contributed by atoms with Crippen molar-refractivity contribution in [3.8, 4) is 0 Å². The van der Waals surface area contributed by atoms with Crippen LogP contribution in [-0.4, -0.2) is 42.1 Å². The van der Waals surface area contributed by atoms with Gasteiger partial charge in [0, 0.05) is 24.6 Å². The highest BCUT2D eigenvalue weighted by atomic mass is 16.5. The van der Waals surface area contributed by atoms with Gasteiger partial charge >= 0.3 is 11.9 Å². The van der Waals surface area contributed by atoms with Gasteiger partial charge in [-0.15, -0.1) is 0 Å². The molecule has 0 saturated carbocycles. The monoisotopic (exact) mass is 445 g/mol. The predicted molar refractivity (Wildman–Crippen MR) is 115 cm³/mol. The van der Waals surface area contributed by atoms with E-state index in [-0.39, 0.29) is 36.9 Å². The van der Waals surface area contributed by atoms with Gasteiger partial charge < -0.3 is 24.6 Å². The molecule has 172 valence electrons. The molecule has 1 heterocycles. The van der Waals surface area contributed by atoms with Crippen molar-refractivity contribution in [1.29, 1.82) is 0 Å². The molecule has 0 radical (unpaired) electrons. The minimum atomic E-state index is -0.589. The molecule has 0 bridgehead atoms. The van der Waals surface area contributed by atoms with Crippen molar-refractivity contribution in [2.45, 2.75) is 40.0 Å². The standard InChI is InChI=1S/C22H27N3O7/c1-14(2)12-31-22(29)16-7-9-17(10-8-16)23-19(26)5-4-6-21(28)30-13-20(27)24-18-11-15(3)32-25-18/h7-11,14H,4-6,12-13H2,1-3H3,(H,23,26)(H,24,25,27). The molecular weight excluding hydrogens is 418 g/mol. The van der Waals surface area contributed by atoms with Gasteiger partial charge in [0.1, 0.15) is 5.76 Å². The van der Waals surface area contributed by atoms with E-state index in [9.17, 15) is 19.2 Å². The molecule has 0 saturated heterocycles. The van der Waals surface area contributed by atoms with Gasteiger partial charge in [-0.2, -0.15) is 0 Å². The number of anilines is 2. The highest BCUT2D eigenvalue weighted by Gasteiger charge is 2.12. The Labute approximate surface area is 185 Å². The van der Waals surface area contributed by atoms with E-state index < -0.39 is 24.5 Å². The second-order valence-electron chi connectivity index (χ2n) is 7.50. The van der Waals surface area contributed by atoms with Gasteiger partial charge in [0.2, 0.25) is 5.91 Å². The second kappa shape index (κ2) is 12.2. The van der Waals surface area contributed by atoms with Crippen molar-refractivity contribution in [2.75, 3.05) is 23.8 Å². The summed E-state index contributed by atoms with van der Waals surface area (Å²) < 4.78 is 14.8. The van der Waals surface area contributed by atoms with Gasteiger partial charge in [-0.05, 0) is 43.5 Å². The second-order valence-corrected chi connectivity index (χ2v) is 7.50. The number of nitrogens with one attached hydrogen (secondary N) is 2. The number of hydrogen-bond acceptors (Lipinski definition) is 8. The van der Waals surface area contributed by atoms with E-state index in [0.29, 0.717) is 23.6 Å².